The first-order chi connectivity index (χ1) is 10.7. The Morgan fingerprint density at radius 3 is 2.45 bits per heavy atom. The third-order valence-corrected chi connectivity index (χ3v) is 4.04. The summed E-state index contributed by atoms with van der Waals surface area (Å²) >= 11 is 3.32. The number of esters is 1. The highest BCUT2D eigenvalue weighted by atomic mass is 79.9. The van der Waals surface area contributed by atoms with Gasteiger partial charge in [-0.25, -0.2) is 4.79 Å². The Kier molecular flexibility index (Phi) is 4.02. The molecule has 0 aliphatic rings. The molecule has 0 bridgehead atoms. The van der Waals surface area contributed by atoms with E-state index in [1.807, 2.05) is 36.4 Å². The number of ether oxygens (including phenoxy) is 1. The fourth-order valence-corrected chi connectivity index (χ4v) is 2.71. The van der Waals surface area contributed by atoms with Gasteiger partial charge in [-0.15, -0.1) is 0 Å². The van der Waals surface area contributed by atoms with Gasteiger partial charge in [0, 0.05) is 4.47 Å². The van der Waals surface area contributed by atoms with Crippen LogP contribution >= 0.6 is 15.9 Å². The molecule has 0 aliphatic carbocycles. The smallest absolute Gasteiger partial charge is 0.344 e. The van der Waals surface area contributed by atoms with E-state index in [0.717, 1.165) is 10.8 Å². The summed E-state index contributed by atoms with van der Waals surface area (Å²) in [6.07, 6.45) is 0.713. The summed E-state index contributed by atoms with van der Waals surface area (Å²) in [5, 5.41) is 1.68. The molecule has 3 aromatic rings. The third kappa shape index (κ3) is 2.65. The van der Waals surface area contributed by atoms with Crippen molar-refractivity contribution in [1.29, 1.82) is 0 Å². The van der Waals surface area contributed by atoms with Gasteiger partial charge in [-0.2, -0.15) is 0 Å². The van der Waals surface area contributed by atoms with Crippen molar-refractivity contribution < 1.29 is 14.3 Å². The second kappa shape index (κ2) is 6.12. The predicted molar refractivity (Wildman–Crippen MR) is 88.4 cm³/mol. The molecule has 0 atom stereocenters. The minimum atomic E-state index is -0.508. The number of fused-ring (bicyclic) bond motifs is 1. The van der Waals surface area contributed by atoms with Crippen LogP contribution in [0, 0.1) is 0 Å². The molecule has 0 fully saturated rings. The van der Waals surface area contributed by atoms with E-state index in [4.69, 9.17) is 4.74 Å². The van der Waals surface area contributed by atoms with E-state index in [9.17, 15) is 9.59 Å². The Hall–Kier alpha value is -2.46. The maximum absolute atomic E-state index is 12.3. The molecule has 0 radical (unpaired) electrons. The molecular weight excluding hydrogens is 344 g/mol. The van der Waals surface area contributed by atoms with E-state index in [-0.39, 0.29) is 5.75 Å². The maximum atomic E-state index is 12.3. The van der Waals surface area contributed by atoms with Crippen molar-refractivity contribution in [1.82, 2.24) is 0 Å². The number of carbonyl (C=O) groups excluding carboxylic acids is 2. The van der Waals surface area contributed by atoms with Crippen molar-refractivity contribution in [2.75, 3.05) is 0 Å². The van der Waals surface area contributed by atoms with Crippen molar-refractivity contribution in [2.24, 2.45) is 0 Å². The molecule has 0 spiro atoms. The van der Waals surface area contributed by atoms with Crippen LogP contribution in [-0.4, -0.2) is 12.3 Å². The maximum Gasteiger partial charge on any atom is 0.344 e. The van der Waals surface area contributed by atoms with Crippen LogP contribution in [0.25, 0.3) is 10.8 Å². The first-order valence-corrected chi connectivity index (χ1v) is 7.43. The van der Waals surface area contributed by atoms with E-state index < -0.39 is 5.97 Å². The summed E-state index contributed by atoms with van der Waals surface area (Å²) in [4.78, 5) is 23.7. The van der Waals surface area contributed by atoms with Gasteiger partial charge in [-0.05, 0) is 44.9 Å². The lowest BCUT2D eigenvalue weighted by Crippen LogP contribution is -2.10. The highest BCUT2D eigenvalue weighted by Gasteiger charge is 2.15. The van der Waals surface area contributed by atoms with E-state index in [2.05, 4.69) is 15.9 Å². The van der Waals surface area contributed by atoms with Gasteiger partial charge in [0.25, 0.3) is 0 Å². The summed E-state index contributed by atoms with van der Waals surface area (Å²) in [6.45, 7) is 0. The molecule has 3 aromatic carbocycles. The Morgan fingerprint density at radius 2 is 1.68 bits per heavy atom. The molecule has 3 rings (SSSR count). The molecule has 0 heterocycles. The zero-order valence-electron chi connectivity index (χ0n) is 11.5. The number of carbonyl (C=O) groups is 2. The number of benzene rings is 3. The summed E-state index contributed by atoms with van der Waals surface area (Å²) in [5.74, 6) is -0.250. The normalized spacial score (nSPS) is 10.4. The lowest BCUT2D eigenvalue weighted by molar-refractivity contribution is 0.0733. The number of aldehydes is 1. The van der Waals surface area contributed by atoms with E-state index in [1.165, 1.54) is 0 Å². The summed E-state index contributed by atoms with van der Waals surface area (Å²) in [5.41, 5.74) is 0.783. The topological polar surface area (TPSA) is 43.4 Å². The molecule has 0 aliphatic heterocycles. The van der Waals surface area contributed by atoms with Gasteiger partial charge in [0.2, 0.25) is 0 Å². The van der Waals surface area contributed by atoms with E-state index in [1.54, 1.807) is 24.3 Å². The molecular formula is C18H11BrO3. The van der Waals surface area contributed by atoms with Gasteiger partial charge in [0.15, 0.2) is 6.29 Å². The summed E-state index contributed by atoms with van der Waals surface area (Å²) in [6, 6.07) is 17.9. The van der Waals surface area contributed by atoms with Crippen molar-refractivity contribution in [3.63, 3.8) is 0 Å². The van der Waals surface area contributed by atoms with Gasteiger partial charge >= 0.3 is 5.97 Å². The number of halogens is 1. The molecule has 0 N–H and O–H groups in total. The molecule has 22 heavy (non-hydrogen) atoms. The predicted octanol–water partition coefficient (Wildman–Crippen LogP) is 4.63. The fourth-order valence-electron chi connectivity index (χ4n) is 2.27. The van der Waals surface area contributed by atoms with Gasteiger partial charge in [-0.3, -0.25) is 4.79 Å². The zero-order valence-corrected chi connectivity index (χ0v) is 13.0. The second-order valence-electron chi connectivity index (χ2n) is 4.69. The Labute approximate surface area is 135 Å². The summed E-state index contributed by atoms with van der Waals surface area (Å²) < 4.78 is 6.06. The Bertz CT molecular complexity index is 871. The lowest BCUT2D eigenvalue weighted by Gasteiger charge is -2.10. The Balaban J connectivity index is 2.02. The lowest BCUT2D eigenvalue weighted by atomic mass is 10.0. The minimum Gasteiger partial charge on any atom is -0.422 e. The highest BCUT2D eigenvalue weighted by molar-refractivity contribution is 9.10. The van der Waals surface area contributed by atoms with Crippen molar-refractivity contribution in [3.05, 3.63) is 76.3 Å². The van der Waals surface area contributed by atoms with Crippen molar-refractivity contribution in [3.8, 4) is 5.75 Å². The first kappa shape index (κ1) is 14.5. The third-order valence-electron chi connectivity index (χ3n) is 3.34. The standard InChI is InChI=1S/C18H11BrO3/c19-16-8-4-3-7-14(16)18(21)22-17-10-9-12-5-1-2-6-13(12)15(17)11-20/h1-11H. The van der Waals surface area contributed by atoms with E-state index >= 15 is 0 Å². The second-order valence-corrected chi connectivity index (χ2v) is 5.54. The van der Waals surface area contributed by atoms with Crippen LogP contribution in [0.3, 0.4) is 0 Å². The van der Waals surface area contributed by atoms with Crippen LogP contribution < -0.4 is 4.74 Å². The average Bonchev–Trinajstić information content (AvgIpc) is 2.55. The molecule has 4 heteroatoms. The molecule has 0 saturated heterocycles. The Morgan fingerprint density at radius 1 is 0.955 bits per heavy atom. The quantitative estimate of drug-likeness (QED) is 0.391. The van der Waals surface area contributed by atoms with Gasteiger partial charge in [0.05, 0.1) is 11.1 Å². The number of rotatable bonds is 3. The fraction of sp³-hybridized carbons (Fsp3) is 0. The molecule has 0 unspecified atom stereocenters. The molecule has 0 amide bonds. The van der Waals surface area contributed by atoms with Crippen LogP contribution in [0.1, 0.15) is 20.7 Å². The number of hydrogen-bond acceptors (Lipinski definition) is 3. The van der Waals surface area contributed by atoms with Crippen LogP contribution in [0.15, 0.2) is 65.1 Å². The van der Waals surface area contributed by atoms with Crippen molar-refractivity contribution in [2.45, 2.75) is 0 Å². The van der Waals surface area contributed by atoms with E-state index in [0.29, 0.717) is 21.9 Å². The molecule has 3 nitrogen and oxygen atoms in total. The monoisotopic (exact) mass is 354 g/mol. The minimum absolute atomic E-state index is 0.259. The van der Waals surface area contributed by atoms with Gasteiger partial charge < -0.3 is 4.74 Å². The summed E-state index contributed by atoms with van der Waals surface area (Å²) in [7, 11) is 0. The van der Waals surface area contributed by atoms with Gasteiger partial charge in [-0.1, -0.05) is 42.5 Å². The van der Waals surface area contributed by atoms with Crippen LogP contribution in [-0.2, 0) is 0 Å². The van der Waals surface area contributed by atoms with Crippen LogP contribution in [0.2, 0.25) is 0 Å². The molecule has 0 saturated carbocycles. The van der Waals surface area contributed by atoms with Crippen molar-refractivity contribution >= 4 is 39.0 Å². The van der Waals surface area contributed by atoms with Crippen LogP contribution in [0.5, 0.6) is 5.75 Å². The number of hydrogen-bond donors (Lipinski definition) is 0. The van der Waals surface area contributed by atoms with Crippen LogP contribution in [0.4, 0.5) is 0 Å². The largest absolute Gasteiger partial charge is 0.422 e. The molecule has 0 aromatic heterocycles. The molecule has 108 valence electrons. The average molecular weight is 355 g/mol. The van der Waals surface area contributed by atoms with Gasteiger partial charge in [0.1, 0.15) is 5.75 Å². The first-order valence-electron chi connectivity index (χ1n) is 6.64. The highest BCUT2D eigenvalue weighted by Crippen LogP contribution is 2.28. The zero-order chi connectivity index (χ0) is 15.5. The SMILES string of the molecule is O=Cc1c(OC(=O)c2ccccc2Br)ccc2ccccc12.